The van der Waals surface area contributed by atoms with E-state index in [1.165, 1.54) is 5.56 Å². The number of rotatable bonds is 3. The number of hydrogen-bond acceptors (Lipinski definition) is 3. The minimum atomic E-state index is -0.862. The van der Waals surface area contributed by atoms with Gasteiger partial charge in [0.05, 0.1) is 22.3 Å². The Bertz CT molecular complexity index is 1220. The summed E-state index contributed by atoms with van der Waals surface area (Å²) in [4.78, 5) is 34.3. The molecule has 3 aromatic rings. The smallest absolute Gasteiger partial charge is 0.238 e. The first-order valence-electron chi connectivity index (χ1n) is 10.8. The highest BCUT2D eigenvalue weighted by Gasteiger charge is 2.45. The summed E-state index contributed by atoms with van der Waals surface area (Å²) in [5, 5.41) is 3.20. The molecule has 2 aromatic carbocycles. The molecule has 1 aliphatic heterocycles. The molecule has 162 valence electrons. The maximum Gasteiger partial charge on any atom is 0.238 e. The lowest BCUT2D eigenvalue weighted by Crippen LogP contribution is -2.47. The summed E-state index contributed by atoms with van der Waals surface area (Å²) in [7, 11) is 5.31. The van der Waals surface area contributed by atoms with E-state index in [1.54, 1.807) is 23.9 Å². The number of carbonyl (C=O) groups is 2. The van der Waals surface area contributed by atoms with Gasteiger partial charge >= 0.3 is 0 Å². The van der Waals surface area contributed by atoms with Crippen molar-refractivity contribution >= 4 is 39.2 Å². The molecule has 0 saturated heterocycles. The third-order valence-electron chi connectivity index (χ3n) is 6.66. The van der Waals surface area contributed by atoms with Gasteiger partial charge in [-0.25, -0.2) is 0 Å². The van der Waals surface area contributed by atoms with Gasteiger partial charge in [0.1, 0.15) is 0 Å². The molecule has 1 aromatic heterocycles. The van der Waals surface area contributed by atoms with Crippen molar-refractivity contribution in [3.63, 3.8) is 0 Å². The van der Waals surface area contributed by atoms with Crippen molar-refractivity contribution in [1.29, 1.82) is 0 Å². The second kappa shape index (κ2) is 7.04. The summed E-state index contributed by atoms with van der Waals surface area (Å²) in [6.07, 6.45) is 0.725. The highest BCUT2D eigenvalue weighted by molar-refractivity contribution is 6.19. The van der Waals surface area contributed by atoms with E-state index in [-0.39, 0.29) is 17.2 Å². The molecule has 4 rings (SSSR count). The van der Waals surface area contributed by atoms with Crippen molar-refractivity contribution in [2.75, 3.05) is 26.0 Å². The van der Waals surface area contributed by atoms with E-state index in [0.29, 0.717) is 12.8 Å². The fourth-order valence-electron chi connectivity index (χ4n) is 4.57. The molecule has 0 spiro atoms. The Kier molecular flexibility index (Phi) is 4.84. The summed E-state index contributed by atoms with van der Waals surface area (Å²) in [5.41, 5.74) is 2.91. The summed E-state index contributed by atoms with van der Waals surface area (Å²) in [6.45, 7) is 8.50. The van der Waals surface area contributed by atoms with Gasteiger partial charge in [0.15, 0.2) is 0 Å². The number of anilines is 1. The molecule has 2 heterocycles. The van der Waals surface area contributed by atoms with E-state index in [0.717, 1.165) is 33.1 Å². The topological polar surface area (TPSA) is 53.5 Å². The van der Waals surface area contributed by atoms with Crippen molar-refractivity contribution in [1.82, 2.24) is 9.88 Å². The Morgan fingerprint density at radius 3 is 2.48 bits per heavy atom. The maximum atomic E-state index is 13.6. The molecule has 0 bridgehead atoms. The molecule has 0 radical (unpaired) electrons. The fraction of sp³-hybridized carbons (Fsp3) is 0.423. The van der Waals surface area contributed by atoms with Gasteiger partial charge in [-0.3, -0.25) is 14.6 Å². The van der Waals surface area contributed by atoms with Crippen LogP contribution in [0.2, 0.25) is 0 Å². The lowest BCUT2D eigenvalue weighted by molar-refractivity contribution is -0.129. The van der Waals surface area contributed by atoms with Crippen LogP contribution in [0.1, 0.15) is 51.8 Å². The van der Waals surface area contributed by atoms with Gasteiger partial charge in [0.2, 0.25) is 11.8 Å². The molecule has 5 heteroatoms. The quantitative estimate of drug-likeness (QED) is 0.576. The summed E-state index contributed by atoms with van der Waals surface area (Å²) in [6, 6.07) is 12.6. The van der Waals surface area contributed by atoms with Crippen molar-refractivity contribution in [2.24, 2.45) is 0 Å². The lowest BCUT2D eigenvalue weighted by atomic mass is 9.75. The number of likely N-dealkylation sites (N-methyl/N-ethyl adjacent to an activating group) is 1. The third-order valence-corrected chi connectivity index (χ3v) is 6.66. The van der Waals surface area contributed by atoms with Gasteiger partial charge < -0.3 is 9.80 Å². The zero-order valence-corrected chi connectivity index (χ0v) is 19.5. The average Bonchev–Trinajstić information content (AvgIpc) is 2.73. The molecule has 0 fully saturated rings. The number of aromatic nitrogens is 1. The van der Waals surface area contributed by atoms with Crippen molar-refractivity contribution < 1.29 is 9.59 Å². The Morgan fingerprint density at radius 2 is 1.84 bits per heavy atom. The molecule has 1 aliphatic rings. The van der Waals surface area contributed by atoms with Gasteiger partial charge in [0.25, 0.3) is 0 Å². The van der Waals surface area contributed by atoms with Crippen LogP contribution in [0.25, 0.3) is 21.7 Å². The molecule has 2 amide bonds. The normalized spacial score (nSPS) is 18.7. The second-order valence-electron chi connectivity index (χ2n) is 10.1. The first-order chi connectivity index (χ1) is 14.4. The molecule has 0 aliphatic carbocycles. The monoisotopic (exact) mass is 417 g/mol. The van der Waals surface area contributed by atoms with E-state index < -0.39 is 5.41 Å². The maximum absolute atomic E-state index is 13.6. The van der Waals surface area contributed by atoms with Crippen LogP contribution in [0.5, 0.6) is 0 Å². The van der Waals surface area contributed by atoms with Gasteiger partial charge in [-0.05, 0) is 41.8 Å². The summed E-state index contributed by atoms with van der Waals surface area (Å²) < 4.78 is 0. The molecular weight excluding hydrogens is 386 g/mol. The SMILES string of the molecule is CN(C)C(=O)CCC1(C)C(=O)N(C)c2cccc3c2c1nc1cc(C(C)(C)C)ccc13. The highest BCUT2D eigenvalue weighted by Crippen LogP contribution is 2.46. The Morgan fingerprint density at radius 1 is 1.13 bits per heavy atom. The second-order valence-corrected chi connectivity index (χ2v) is 10.1. The van der Waals surface area contributed by atoms with Crippen LogP contribution in [-0.4, -0.2) is 42.8 Å². The van der Waals surface area contributed by atoms with Gasteiger partial charge in [-0.2, -0.15) is 0 Å². The fourth-order valence-corrected chi connectivity index (χ4v) is 4.57. The van der Waals surface area contributed by atoms with Crippen LogP contribution in [0.15, 0.2) is 36.4 Å². The van der Waals surface area contributed by atoms with E-state index in [4.69, 9.17) is 4.98 Å². The average molecular weight is 418 g/mol. The Balaban J connectivity index is 2.01. The van der Waals surface area contributed by atoms with Crippen molar-refractivity contribution in [2.45, 2.75) is 51.4 Å². The standard InChI is InChI=1S/C26H31N3O2/c1-25(2,3)16-11-12-17-18-9-8-10-20-22(18)23(27-19(17)15-16)26(4,24(31)29(20)7)14-13-21(30)28(5)6/h8-12,15H,13-14H2,1-7H3. The highest BCUT2D eigenvalue weighted by atomic mass is 16.2. The molecule has 5 nitrogen and oxygen atoms in total. The molecule has 0 N–H and O–H groups in total. The number of carbonyl (C=O) groups excluding carboxylic acids is 2. The number of benzene rings is 2. The molecule has 1 atom stereocenters. The number of nitrogens with zero attached hydrogens (tertiary/aromatic N) is 3. The Hall–Kier alpha value is -2.95. The van der Waals surface area contributed by atoms with Crippen LogP contribution < -0.4 is 4.90 Å². The van der Waals surface area contributed by atoms with Gasteiger partial charge in [-0.1, -0.05) is 45.0 Å². The molecule has 31 heavy (non-hydrogen) atoms. The molecular formula is C26H31N3O2. The van der Waals surface area contributed by atoms with E-state index >= 15 is 0 Å². The molecule has 1 unspecified atom stereocenters. The van der Waals surface area contributed by atoms with Crippen LogP contribution in [-0.2, 0) is 20.4 Å². The van der Waals surface area contributed by atoms with Crippen LogP contribution in [0.4, 0.5) is 5.69 Å². The number of pyridine rings is 1. The zero-order chi connectivity index (χ0) is 22.7. The van der Waals surface area contributed by atoms with E-state index in [9.17, 15) is 9.59 Å². The summed E-state index contributed by atoms with van der Waals surface area (Å²) >= 11 is 0. The molecule has 0 saturated carbocycles. The van der Waals surface area contributed by atoms with Crippen LogP contribution in [0, 0.1) is 0 Å². The van der Waals surface area contributed by atoms with Crippen LogP contribution in [0.3, 0.4) is 0 Å². The van der Waals surface area contributed by atoms with E-state index in [1.807, 2.05) is 26.1 Å². The van der Waals surface area contributed by atoms with Gasteiger partial charge in [-0.15, -0.1) is 0 Å². The Labute approximate surface area is 184 Å². The predicted molar refractivity (Wildman–Crippen MR) is 127 cm³/mol. The van der Waals surface area contributed by atoms with Crippen molar-refractivity contribution in [3.05, 3.63) is 47.7 Å². The number of amides is 2. The predicted octanol–water partition coefficient (Wildman–Crippen LogP) is 4.79. The third kappa shape index (κ3) is 3.27. The largest absolute Gasteiger partial charge is 0.349 e. The van der Waals surface area contributed by atoms with Crippen LogP contribution >= 0.6 is 0 Å². The van der Waals surface area contributed by atoms with Crippen molar-refractivity contribution in [3.8, 4) is 0 Å². The number of fused-ring (bicyclic) bond motifs is 2. The number of hydrogen-bond donors (Lipinski definition) is 0. The lowest BCUT2D eigenvalue weighted by Gasteiger charge is -2.38. The zero-order valence-electron chi connectivity index (χ0n) is 19.5. The van der Waals surface area contributed by atoms with Gasteiger partial charge in [0, 0.05) is 38.3 Å². The first-order valence-corrected chi connectivity index (χ1v) is 10.8. The summed E-state index contributed by atoms with van der Waals surface area (Å²) in [5.74, 6) is 0.000436. The first kappa shape index (κ1) is 21.3. The van der Waals surface area contributed by atoms with E-state index in [2.05, 4.69) is 45.0 Å². The minimum absolute atomic E-state index is 0.00137. The minimum Gasteiger partial charge on any atom is -0.349 e.